The number of carbonyl (C=O) groups excluding carboxylic acids is 4. The fraction of sp³-hybridized carbons (Fsp3) is 0.225. The number of hydrogen-bond donors (Lipinski definition) is 4. The largest absolute Gasteiger partial charge is 0.508 e. The number of nitrogens with one attached hydrogen (secondary N) is 1. The number of aromatic carboxylic acids is 1. The second-order valence-corrected chi connectivity index (χ2v) is 15.7. The van der Waals surface area contributed by atoms with Crippen LogP contribution in [0.5, 0.6) is 17.2 Å². The molecule has 0 unspecified atom stereocenters. The number of anilines is 2. The zero-order valence-corrected chi connectivity index (χ0v) is 31.8. The van der Waals surface area contributed by atoms with Crippen molar-refractivity contribution in [1.29, 1.82) is 0 Å². The Balaban J connectivity index is 1.32. The van der Waals surface area contributed by atoms with Crippen molar-refractivity contribution in [2.45, 2.75) is 24.2 Å². The van der Waals surface area contributed by atoms with Crippen LogP contribution in [0.2, 0.25) is 10.0 Å². The fourth-order valence-corrected chi connectivity index (χ4v) is 9.87. The standard InChI is InChI=1S/C40H30BrCl2N3O9/c1-55-22-7-2-18(3-8-22)40-28(36(50)46(39(40)54)44-30-12-5-20(42)15-29(30)43)17-26-23(34(40)27-14-19(41)4-13-31(27)47)10-11-25-33(26)37(51)45(35(25)49)21-6-9-24(38(52)53)32(48)16-21/h2-10,12-16,25-26,28,33-34,44,47-48H,11,17H2,1H3,(H,52,53)/t25-,26+,28-,33-,34+,40+/m0/s1. The van der Waals surface area contributed by atoms with Crippen LogP contribution in [0.3, 0.4) is 0 Å². The molecule has 15 heteroatoms. The summed E-state index contributed by atoms with van der Waals surface area (Å²) in [6, 6.07) is 19.6. The minimum absolute atomic E-state index is 0.000336. The Labute approximate surface area is 332 Å². The third-order valence-corrected chi connectivity index (χ3v) is 12.4. The van der Waals surface area contributed by atoms with Crippen LogP contribution in [-0.4, -0.2) is 57.0 Å². The maximum absolute atomic E-state index is 15.4. The molecule has 4 aromatic rings. The Morgan fingerprint density at radius 1 is 0.891 bits per heavy atom. The lowest BCUT2D eigenvalue weighted by molar-refractivity contribution is -0.138. The number of hydrogen-bond acceptors (Lipinski definition) is 9. The molecule has 2 aliphatic heterocycles. The molecule has 3 fully saturated rings. The molecule has 2 heterocycles. The summed E-state index contributed by atoms with van der Waals surface area (Å²) in [5.41, 5.74) is 2.45. The van der Waals surface area contributed by atoms with Crippen LogP contribution >= 0.6 is 39.1 Å². The van der Waals surface area contributed by atoms with E-state index in [9.17, 15) is 34.5 Å². The minimum atomic E-state index is -1.69. The van der Waals surface area contributed by atoms with E-state index in [-0.39, 0.29) is 35.0 Å². The molecular weight excluding hydrogens is 817 g/mol. The second-order valence-electron chi connectivity index (χ2n) is 13.9. The highest BCUT2D eigenvalue weighted by Crippen LogP contribution is 2.65. The molecule has 0 spiro atoms. The van der Waals surface area contributed by atoms with Gasteiger partial charge in [0.1, 0.15) is 22.8 Å². The highest BCUT2D eigenvalue weighted by molar-refractivity contribution is 9.10. The van der Waals surface area contributed by atoms with Crippen LogP contribution < -0.4 is 15.1 Å². The van der Waals surface area contributed by atoms with E-state index < -0.39 is 75.9 Å². The highest BCUT2D eigenvalue weighted by Gasteiger charge is 2.70. The number of fused-ring (bicyclic) bond motifs is 4. The Morgan fingerprint density at radius 2 is 1.64 bits per heavy atom. The second kappa shape index (κ2) is 13.4. The van der Waals surface area contributed by atoms with Crippen molar-refractivity contribution in [1.82, 2.24) is 5.01 Å². The van der Waals surface area contributed by atoms with Gasteiger partial charge in [-0.3, -0.25) is 24.6 Å². The van der Waals surface area contributed by atoms with Crippen molar-refractivity contribution in [3.8, 4) is 17.2 Å². The summed E-state index contributed by atoms with van der Waals surface area (Å²) in [4.78, 5) is 71.4. The van der Waals surface area contributed by atoms with Crippen LogP contribution in [0.25, 0.3) is 0 Å². The van der Waals surface area contributed by atoms with E-state index in [1.807, 2.05) is 6.08 Å². The highest BCUT2D eigenvalue weighted by atomic mass is 79.9. The molecule has 12 nitrogen and oxygen atoms in total. The molecule has 0 radical (unpaired) electrons. The number of hydrazine groups is 1. The SMILES string of the molecule is COc1ccc([C@@]23C(=O)N(Nc4ccc(Cl)cc4Cl)C(=O)[C@@H]2C[C@@H]2C(=CC[C@@H]4C(=O)N(c5ccc(C(=O)O)c(O)c5)C(=O)[C@@H]42)[C@@H]3c2cc(Br)ccc2O)cc1. The molecular formula is C40H30BrCl2N3O9. The van der Waals surface area contributed by atoms with Crippen LogP contribution in [0.4, 0.5) is 11.4 Å². The average molecular weight is 848 g/mol. The van der Waals surface area contributed by atoms with E-state index in [1.54, 1.807) is 42.5 Å². The summed E-state index contributed by atoms with van der Waals surface area (Å²) in [6.07, 6.45) is 1.90. The van der Waals surface area contributed by atoms with Gasteiger partial charge in [0.05, 0.1) is 46.7 Å². The number of phenols is 2. The number of allylic oxidation sites excluding steroid dienone is 2. The van der Waals surface area contributed by atoms with Gasteiger partial charge in [-0.2, -0.15) is 5.01 Å². The number of carboxylic acid groups (broad SMARTS) is 1. The Bertz CT molecular complexity index is 2390. The van der Waals surface area contributed by atoms with Crippen molar-refractivity contribution in [2.24, 2.45) is 23.7 Å². The molecule has 6 atom stereocenters. The maximum Gasteiger partial charge on any atom is 0.339 e. The van der Waals surface area contributed by atoms with Gasteiger partial charge in [0.2, 0.25) is 11.8 Å². The Morgan fingerprint density at radius 3 is 2.31 bits per heavy atom. The van der Waals surface area contributed by atoms with Gasteiger partial charge in [-0.15, -0.1) is 0 Å². The van der Waals surface area contributed by atoms with E-state index in [2.05, 4.69) is 21.4 Å². The number of phenolic OH excluding ortho intramolecular Hbond substituents is 1. The number of nitrogens with zero attached hydrogens (tertiary/aromatic N) is 2. The average Bonchev–Trinajstić information content (AvgIpc) is 3.54. The summed E-state index contributed by atoms with van der Waals surface area (Å²) in [5, 5.41) is 32.9. The van der Waals surface area contributed by atoms with Gasteiger partial charge in [-0.1, -0.05) is 62.9 Å². The molecule has 4 aromatic carbocycles. The molecule has 2 aliphatic carbocycles. The monoisotopic (exact) mass is 845 g/mol. The number of methoxy groups -OCH3 is 1. The predicted octanol–water partition coefficient (Wildman–Crippen LogP) is 7.06. The third kappa shape index (κ3) is 5.50. The number of amides is 4. The number of imide groups is 2. The Kier molecular flexibility index (Phi) is 8.94. The third-order valence-electron chi connectivity index (χ3n) is 11.4. The number of ether oxygens (including phenoxy) is 1. The smallest absolute Gasteiger partial charge is 0.339 e. The van der Waals surface area contributed by atoms with E-state index in [0.717, 1.165) is 22.0 Å². The molecule has 4 amide bonds. The van der Waals surface area contributed by atoms with Crippen molar-refractivity contribution in [2.75, 3.05) is 17.4 Å². The first-order chi connectivity index (χ1) is 26.3. The minimum Gasteiger partial charge on any atom is -0.508 e. The lowest BCUT2D eigenvalue weighted by Gasteiger charge is -2.50. The number of rotatable bonds is 7. The van der Waals surface area contributed by atoms with Gasteiger partial charge in [-0.05, 0) is 85.0 Å². The van der Waals surface area contributed by atoms with Gasteiger partial charge in [0.25, 0.3) is 11.8 Å². The molecule has 8 rings (SSSR count). The van der Waals surface area contributed by atoms with Crippen molar-refractivity contribution in [3.63, 3.8) is 0 Å². The number of halogens is 3. The quantitative estimate of drug-likeness (QED) is 0.111. The van der Waals surface area contributed by atoms with Crippen LogP contribution in [0.15, 0.2) is 95.0 Å². The van der Waals surface area contributed by atoms with Gasteiger partial charge in [0.15, 0.2) is 0 Å². The lowest BCUT2D eigenvalue weighted by Crippen LogP contribution is -2.53. The van der Waals surface area contributed by atoms with Gasteiger partial charge in [-0.25, -0.2) is 9.69 Å². The molecule has 4 aliphatic rings. The number of aromatic hydroxyl groups is 2. The topological polar surface area (TPSA) is 174 Å². The molecule has 2 saturated heterocycles. The van der Waals surface area contributed by atoms with Gasteiger partial charge in [0, 0.05) is 27.0 Å². The van der Waals surface area contributed by atoms with Crippen molar-refractivity contribution < 1.29 is 44.0 Å². The normalized spacial score (nSPS) is 25.7. The van der Waals surface area contributed by atoms with Crippen molar-refractivity contribution in [3.05, 3.63) is 122 Å². The van der Waals surface area contributed by atoms with E-state index in [0.29, 0.717) is 31.9 Å². The summed E-state index contributed by atoms with van der Waals surface area (Å²) in [6.45, 7) is 0. The van der Waals surface area contributed by atoms with Crippen LogP contribution in [0.1, 0.15) is 40.2 Å². The van der Waals surface area contributed by atoms with Crippen molar-refractivity contribution >= 4 is 80.1 Å². The van der Waals surface area contributed by atoms with Gasteiger partial charge < -0.3 is 20.1 Å². The summed E-state index contributed by atoms with van der Waals surface area (Å²) >= 11 is 16.2. The number of carboxylic acids is 1. The maximum atomic E-state index is 15.4. The molecule has 1 saturated carbocycles. The number of benzene rings is 4. The zero-order valence-electron chi connectivity index (χ0n) is 28.7. The molecule has 4 N–H and O–H groups in total. The zero-order chi connectivity index (χ0) is 39.1. The van der Waals surface area contributed by atoms with E-state index in [1.165, 1.54) is 31.4 Å². The van der Waals surface area contributed by atoms with E-state index in [4.69, 9.17) is 27.9 Å². The summed E-state index contributed by atoms with van der Waals surface area (Å²) < 4.78 is 6.02. The molecule has 280 valence electrons. The Hall–Kier alpha value is -5.37. The molecule has 0 aromatic heterocycles. The first-order valence-corrected chi connectivity index (χ1v) is 18.7. The lowest BCUT2D eigenvalue weighted by atomic mass is 9.49. The summed E-state index contributed by atoms with van der Waals surface area (Å²) in [5.74, 6) is -8.80. The first-order valence-electron chi connectivity index (χ1n) is 17.1. The molecule has 0 bridgehead atoms. The fourth-order valence-electron chi connectivity index (χ4n) is 9.04. The number of carbonyl (C=O) groups is 5. The van der Waals surface area contributed by atoms with Gasteiger partial charge >= 0.3 is 5.97 Å². The first kappa shape index (κ1) is 36.6. The molecule has 55 heavy (non-hydrogen) atoms. The van der Waals surface area contributed by atoms with E-state index >= 15 is 4.79 Å². The predicted molar refractivity (Wildman–Crippen MR) is 204 cm³/mol. The van der Waals surface area contributed by atoms with Crippen LogP contribution in [-0.2, 0) is 24.6 Å². The summed E-state index contributed by atoms with van der Waals surface area (Å²) in [7, 11) is 1.50. The van der Waals surface area contributed by atoms with Crippen LogP contribution in [0, 0.1) is 23.7 Å².